The normalized spacial score (nSPS) is 11.3. The van der Waals surface area contributed by atoms with Gasteiger partial charge >= 0.3 is 0 Å². The third kappa shape index (κ3) is 3.26. The van der Waals surface area contributed by atoms with E-state index in [0.29, 0.717) is 12.1 Å². The number of halogens is 3. The van der Waals surface area contributed by atoms with E-state index in [1.165, 1.54) is 0 Å². The minimum Gasteiger partial charge on any atom is -0.486 e. The van der Waals surface area contributed by atoms with Crippen LogP contribution < -0.4 is 4.74 Å². The zero-order valence-corrected chi connectivity index (χ0v) is 10.2. The van der Waals surface area contributed by atoms with E-state index in [1.807, 2.05) is 0 Å². The van der Waals surface area contributed by atoms with Gasteiger partial charge in [-0.15, -0.1) is 0 Å². The molecule has 0 radical (unpaired) electrons. The molecule has 0 aliphatic carbocycles. The molecule has 0 saturated heterocycles. The smallest absolute Gasteiger partial charge is 0.273 e. The molecular weight excluding hydrogens is 296 g/mol. The summed E-state index contributed by atoms with van der Waals surface area (Å²) in [5.41, 5.74) is -0.806. The maximum atomic E-state index is 13.4. The van der Waals surface area contributed by atoms with Crippen LogP contribution in [0.25, 0.3) is 0 Å². The SMILES string of the molecule is O=[N+]([O-])c1cc(F)c(OCCF)c(S(=O)(=O)Cl)c1. The molecule has 0 aliphatic heterocycles. The van der Waals surface area contributed by atoms with Crippen molar-refractivity contribution in [1.29, 1.82) is 0 Å². The van der Waals surface area contributed by atoms with Gasteiger partial charge < -0.3 is 4.74 Å². The Bertz CT molecular complexity index is 577. The molecule has 18 heavy (non-hydrogen) atoms. The molecule has 0 heterocycles. The molecule has 0 bridgehead atoms. The molecule has 0 fully saturated rings. The quantitative estimate of drug-likeness (QED) is 0.471. The first-order valence-electron chi connectivity index (χ1n) is 4.38. The fourth-order valence-electron chi connectivity index (χ4n) is 1.12. The first-order chi connectivity index (χ1) is 8.27. The van der Waals surface area contributed by atoms with Crippen molar-refractivity contribution in [2.45, 2.75) is 4.90 Å². The number of ether oxygens (including phenoxy) is 1. The van der Waals surface area contributed by atoms with Gasteiger partial charge in [-0.1, -0.05) is 0 Å². The summed E-state index contributed by atoms with van der Waals surface area (Å²) < 4.78 is 52.2. The number of hydrogen-bond acceptors (Lipinski definition) is 5. The zero-order chi connectivity index (χ0) is 13.9. The van der Waals surface area contributed by atoms with Crippen molar-refractivity contribution in [3.05, 3.63) is 28.1 Å². The minimum absolute atomic E-state index is 0.457. The summed E-state index contributed by atoms with van der Waals surface area (Å²) in [6.45, 7) is -1.59. The van der Waals surface area contributed by atoms with Crippen molar-refractivity contribution in [2.24, 2.45) is 0 Å². The minimum atomic E-state index is -4.46. The first kappa shape index (κ1) is 14.6. The van der Waals surface area contributed by atoms with Crippen molar-refractivity contribution in [3.8, 4) is 5.75 Å². The maximum absolute atomic E-state index is 13.4. The lowest BCUT2D eigenvalue weighted by Crippen LogP contribution is -2.06. The molecule has 1 rings (SSSR count). The molecule has 6 nitrogen and oxygen atoms in total. The molecule has 10 heteroatoms. The summed E-state index contributed by atoms with van der Waals surface area (Å²) in [4.78, 5) is 8.55. The van der Waals surface area contributed by atoms with Gasteiger partial charge in [-0.2, -0.15) is 0 Å². The number of hydrogen-bond donors (Lipinski definition) is 0. The topological polar surface area (TPSA) is 86.5 Å². The van der Waals surface area contributed by atoms with E-state index in [4.69, 9.17) is 10.7 Å². The Balaban J connectivity index is 3.45. The Morgan fingerprint density at radius 3 is 2.50 bits per heavy atom. The number of nitrogens with zero attached hydrogens (tertiary/aromatic N) is 1. The molecule has 0 saturated carbocycles. The van der Waals surface area contributed by atoms with Crippen molar-refractivity contribution in [3.63, 3.8) is 0 Å². The van der Waals surface area contributed by atoms with E-state index in [1.54, 1.807) is 0 Å². The molecule has 0 unspecified atom stereocenters. The lowest BCUT2D eigenvalue weighted by Gasteiger charge is -2.08. The monoisotopic (exact) mass is 301 g/mol. The Morgan fingerprint density at radius 2 is 2.06 bits per heavy atom. The van der Waals surface area contributed by atoms with Crippen LogP contribution in [-0.4, -0.2) is 26.6 Å². The second-order valence-corrected chi connectivity index (χ2v) is 5.52. The third-order valence-electron chi connectivity index (χ3n) is 1.79. The lowest BCUT2D eigenvalue weighted by atomic mass is 10.3. The van der Waals surface area contributed by atoms with E-state index in [2.05, 4.69) is 4.74 Å². The molecule has 100 valence electrons. The largest absolute Gasteiger partial charge is 0.486 e. The van der Waals surface area contributed by atoms with Gasteiger partial charge in [0.2, 0.25) is 0 Å². The van der Waals surface area contributed by atoms with Gasteiger partial charge in [-0.3, -0.25) is 10.1 Å². The van der Waals surface area contributed by atoms with Crippen molar-refractivity contribution in [1.82, 2.24) is 0 Å². The van der Waals surface area contributed by atoms with E-state index < -0.39 is 49.4 Å². The maximum Gasteiger partial charge on any atom is 0.273 e. The Kier molecular flexibility index (Phi) is 4.41. The van der Waals surface area contributed by atoms with E-state index in [-0.39, 0.29) is 0 Å². The summed E-state index contributed by atoms with van der Waals surface area (Å²) in [5.74, 6) is -2.15. The number of non-ortho nitro benzene ring substituents is 1. The number of alkyl halides is 1. The van der Waals surface area contributed by atoms with Crippen LogP contribution in [0.4, 0.5) is 14.5 Å². The van der Waals surface area contributed by atoms with E-state index in [9.17, 15) is 27.3 Å². The molecule has 1 aromatic carbocycles. The highest BCUT2D eigenvalue weighted by Gasteiger charge is 2.25. The average molecular weight is 302 g/mol. The molecule has 0 N–H and O–H groups in total. The van der Waals surface area contributed by atoms with Crippen LogP contribution in [0.5, 0.6) is 5.75 Å². The molecule has 0 spiro atoms. The van der Waals surface area contributed by atoms with Crippen molar-refractivity contribution in [2.75, 3.05) is 13.3 Å². The van der Waals surface area contributed by atoms with Crippen LogP contribution in [0.15, 0.2) is 17.0 Å². The highest BCUT2D eigenvalue weighted by atomic mass is 35.7. The summed E-state index contributed by atoms with van der Waals surface area (Å²) in [6.07, 6.45) is 0. The first-order valence-corrected chi connectivity index (χ1v) is 6.69. The van der Waals surface area contributed by atoms with Gasteiger partial charge in [0, 0.05) is 16.7 Å². The highest BCUT2D eigenvalue weighted by Crippen LogP contribution is 2.33. The number of nitro benzene ring substituents is 1. The fourth-order valence-corrected chi connectivity index (χ4v) is 2.11. The Morgan fingerprint density at radius 1 is 1.44 bits per heavy atom. The predicted octanol–water partition coefficient (Wildman–Crippen LogP) is 2.01. The summed E-state index contributed by atoms with van der Waals surface area (Å²) in [6, 6.07) is 0.998. The van der Waals surface area contributed by atoms with Crippen LogP contribution >= 0.6 is 10.7 Å². The Hall–Kier alpha value is -1.48. The summed E-state index contributed by atoms with van der Waals surface area (Å²) in [5, 5.41) is 10.5. The molecule has 0 atom stereocenters. The summed E-state index contributed by atoms with van der Waals surface area (Å²) in [7, 11) is 0.538. The van der Waals surface area contributed by atoms with Gasteiger partial charge in [0.25, 0.3) is 14.7 Å². The van der Waals surface area contributed by atoms with E-state index in [0.717, 1.165) is 0 Å². The standard InChI is InChI=1S/C8H6ClF2NO5S/c9-18(15,16)7-4-5(12(13)14)3-6(11)8(7)17-2-1-10/h3-4H,1-2H2. The van der Waals surface area contributed by atoms with Crippen molar-refractivity contribution < 1.29 is 26.9 Å². The van der Waals surface area contributed by atoms with Gasteiger partial charge in [-0.05, 0) is 0 Å². The van der Waals surface area contributed by atoms with E-state index >= 15 is 0 Å². The predicted molar refractivity (Wildman–Crippen MR) is 57.6 cm³/mol. The van der Waals surface area contributed by atoms with Gasteiger partial charge in [0.05, 0.1) is 11.0 Å². The molecular formula is C8H6ClF2NO5S. The molecule has 0 aliphatic rings. The number of nitro groups is 1. The fraction of sp³-hybridized carbons (Fsp3) is 0.250. The molecule has 0 amide bonds. The second kappa shape index (κ2) is 5.44. The van der Waals surface area contributed by atoms with Crippen molar-refractivity contribution >= 4 is 25.4 Å². The van der Waals surface area contributed by atoms with Crippen LogP contribution in [0.3, 0.4) is 0 Å². The van der Waals surface area contributed by atoms with Crippen LogP contribution in [-0.2, 0) is 9.05 Å². The highest BCUT2D eigenvalue weighted by molar-refractivity contribution is 8.13. The lowest BCUT2D eigenvalue weighted by molar-refractivity contribution is -0.385. The van der Waals surface area contributed by atoms with Crippen LogP contribution in [0.1, 0.15) is 0 Å². The van der Waals surface area contributed by atoms with Gasteiger partial charge in [0.15, 0.2) is 11.6 Å². The van der Waals surface area contributed by atoms with Crippen LogP contribution in [0.2, 0.25) is 0 Å². The third-order valence-corrected chi connectivity index (χ3v) is 3.12. The van der Waals surface area contributed by atoms with Crippen LogP contribution in [0, 0.1) is 15.9 Å². The zero-order valence-electron chi connectivity index (χ0n) is 8.60. The number of rotatable bonds is 5. The molecule has 0 aromatic heterocycles. The number of benzene rings is 1. The van der Waals surface area contributed by atoms with Gasteiger partial charge in [-0.25, -0.2) is 17.2 Å². The second-order valence-electron chi connectivity index (χ2n) is 2.99. The Labute approximate surface area is 105 Å². The summed E-state index contributed by atoms with van der Waals surface area (Å²) >= 11 is 0. The molecule has 1 aromatic rings. The average Bonchev–Trinajstić information content (AvgIpc) is 2.25. The van der Waals surface area contributed by atoms with Gasteiger partial charge in [0.1, 0.15) is 18.2 Å².